The van der Waals surface area contributed by atoms with Crippen molar-refractivity contribution < 1.29 is 14.8 Å². The lowest BCUT2D eigenvalue weighted by Gasteiger charge is -2.56. The minimum Gasteiger partial charge on any atom is -0.333 e. The smallest absolute Gasteiger partial charge is 0.315 e. The lowest BCUT2D eigenvalue weighted by atomic mass is 9.53. The van der Waals surface area contributed by atoms with Crippen LogP contribution in [0.2, 0.25) is 0 Å². The number of nitrogens with one attached hydrogen (secondary N) is 3. The van der Waals surface area contributed by atoms with Gasteiger partial charge in [-0.3, -0.25) is 10.0 Å². The van der Waals surface area contributed by atoms with Crippen LogP contribution in [0.25, 0.3) is 0 Å². The Morgan fingerprint density at radius 2 is 1.78 bits per heavy atom. The second kappa shape index (κ2) is 7.05. The van der Waals surface area contributed by atoms with Crippen LogP contribution in [0.1, 0.15) is 73.8 Å². The summed E-state index contributed by atoms with van der Waals surface area (Å²) in [7, 11) is 0. The molecule has 7 nitrogen and oxygen atoms in total. The van der Waals surface area contributed by atoms with Crippen molar-refractivity contribution in [3.8, 4) is 0 Å². The third-order valence-electron chi connectivity index (χ3n) is 6.54. The first kappa shape index (κ1) is 18.7. The molecule has 4 aliphatic rings. The molecule has 8 heteroatoms. The zero-order valence-electron chi connectivity index (χ0n) is 15.8. The summed E-state index contributed by atoms with van der Waals surface area (Å²) in [5, 5.41) is 15.2. The molecule has 0 aromatic carbocycles. The minimum atomic E-state index is -0.584. The number of rotatable bonds is 5. The van der Waals surface area contributed by atoms with E-state index in [1.807, 2.05) is 13.8 Å². The maximum atomic E-state index is 12.8. The summed E-state index contributed by atoms with van der Waals surface area (Å²) in [5.41, 5.74) is 2.23. The van der Waals surface area contributed by atoms with Crippen LogP contribution in [0.5, 0.6) is 0 Å². The molecule has 4 fully saturated rings. The van der Waals surface area contributed by atoms with Gasteiger partial charge in [0.15, 0.2) is 0 Å². The fourth-order valence-corrected chi connectivity index (χ4v) is 6.53. The molecule has 0 radical (unpaired) electrons. The molecule has 5 rings (SSSR count). The zero-order chi connectivity index (χ0) is 19.2. The first-order valence-corrected chi connectivity index (χ1v) is 10.6. The number of amides is 3. The Bertz CT molecular complexity index is 697. The fraction of sp³-hybridized carbons (Fsp3) is 0.737. The van der Waals surface area contributed by atoms with Crippen LogP contribution in [0, 0.1) is 23.7 Å². The van der Waals surface area contributed by atoms with Gasteiger partial charge in [0.1, 0.15) is 4.88 Å². The van der Waals surface area contributed by atoms with E-state index in [9.17, 15) is 9.59 Å². The summed E-state index contributed by atoms with van der Waals surface area (Å²) in [5.74, 6) is 1.86. The normalized spacial score (nSPS) is 32.4. The second-order valence-corrected chi connectivity index (χ2v) is 9.88. The molecule has 1 aromatic rings. The van der Waals surface area contributed by atoms with Gasteiger partial charge in [0.2, 0.25) is 0 Å². The van der Waals surface area contributed by atoms with Crippen LogP contribution >= 0.6 is 11.5 Å². The molecule has 4 aliphatic carbocycles. The highest BCUT2D eigenvalue weighted by atomic mass is 32.1. The third kappa shape index (κ3) is 3.69. The molecule has 3 amide bonds. The second-order valence-electron chi connectivity index (χ2n) is 9.07. The van der Waals surface area contributed by atoms with E-state index < -0.39 is 5.91 Å². The Morgan fingerprint density at radius 3 is 2.30 bits per heavy atom. The van der Waals surface area contributed by atoms with E-state index in [1.54, 1.807) is 11.5 Å². The molecule has 1 aromatic heterocycles. The van der Waals surface area contributed by atoms with Gasteiger partial charge >= 0.3 is 6.03 Å². The molecule has 0 spiro atoms. The molecule has 4 bridgehead atoms. The first-order chi connectivity index (χ1) is 12.9. The molecule has 4 N–H and O–H groups in total. The number of nitrogens with zero attached hydrogens (tertiary/aromatic N) is 1. The summed E-state index contributed by atoms with van der Waals surface area (Å²) in [6.07, 6.45) is 7.34. The number of hydrogen-bond acceptors (Lipinski definition) is 5. The molecule has 0 aliphatic heterocycles. The fourth-order valence-electron chi connectivity index (χ4n) is 5.86. The molecule has 1 heterocycles. The van der Waals surface area contributed by atoms with E-state index in [0.29, 0.717) is 10.6 Å². The van der Waals surface area contributed by atoms with Crippen LogP contribution in [-0.4, -0.2) is 27.1 Å². The van der Waals surface area contributed by atoms with Gasteiger partial charge in [-0.2, -0.15) is 4.37 Å². The van der Waals surface area contributed by atoms with E-state index in [0.717, 1.165) is 48.5 Å². The SMILES string of the molecule is CC(C)[C@@H](NC(=O)NC12CC3CC(CC(C3)C1)C2)c1cc(C(=O)NO)sn1. The predicted octanol–water partition coefficient (Wildman–Crippen LogP) is 3.23. The van der Waals surface area contributed by atoms with Crippen LogP contribution in [0.15, 0.2) is 6.07 Å². The van der Waals surface area contributed by atoms with Gasteiger partial charge < -0.3 is 10.6 Å². The number of carbonyl (C=O) groups is 2. The van der Waals surface area contributed by atoms with E-state index in [4.69, 9.17) is 5.21 Å². The summed E-state index contributed by atoms with van der Waals surface area (Å²) in [4.78, 5) is 24.7. The third-order valence-corrected chi connectivity index (χ3v) is 7.34. The van der Waals surface area contributed by atoms with Crippen LogP contribution in [0.4, 0.5) is 4.79 Å². The van der Waals surface area contributed by atoms with Gasteiger partial charge in [-0.15, -0.1) is 0 Å². The topological polar surface area (TPSA) is 103 Å². The number of aromatic nitrogens is 1. The maximum absolute atomic E-state index is 12.8. The molecule has 0 saturated heterocycles. The van der Waals surface area contributed by atoms with E-state index >= 15 is 0 Å². The minimum absolute atomic E-state index is 0.0373. The highest BCUT2D eigenvalue weighted by molar-refractivity contribution is 7.08. The summed E-state index contributed by atoms with van der Waals surface area (Å²) >= 11 is 1.02. The highest BCUT2D eigenvalue weighted by Gasteiger charge is 2.51. The lowest BCUT2D eigenvalue weighted by molar-refractivity contribution is -0.0137. The molecule has 4 saturated carbocycles. The Labute approximate surface area is 163 Å². The number of urea groups is 1. The van der Waals surface area contributed by atoms with Crippen LogP contribution < -0.4 is 16.1 Å². The molecule has 148 valence electrons. The Morgan fingerprint density at radius 1 is 1.19 bits per heavy atom. The first-order valence-electron chi connectivity index (χ1n) is 9.87. The van der Waals surface area contributed by atoms with Crippen molar-refractivity contribution >= 4 is 23.5 Å². The van der Waals surface area contributed by atoms with Crippen molar-refractivity contribution in [2.24, 2.45) is 23.7 Å². The Hall–Kier alpha value is -1.67. The van der Waals surface area contributed by atoms with Gasteiger partial charge in [0.25, 0.3) is 5.91 Å². The molecule has 27 heavy (non-hydrogen) atoms. The lowest BCUT2D eigenvalue weighted by Crippen LogP contribution is -2.61. The predicted molar refractivity (Wildman–Crippen MR) is 102 cm³/mol. The molecule has 0 unspecified atom stereocenters. The van der Waals surface area contributed by atoms with Gasteiger partial charge in [0, 0.05) is 5.54 Å². The quantitative estimate of drug-likeness (QED) is 0.456. The van der Waals surface area contributed by atoms with Crippen LogP contribution in [-0.2, 0) is 0 Å². The van der Waals surface area contributed by atoms with Gasteiger partial charge in [-0.1, -0.05) is 13.8 Å². The van der Waals surface area contributed by atoms with E-state index in [-0.39, 0.29) is 23.5 Å². The van der Waals surface area contributed by atoms with Crippen molar-refractivity contribution in [2.75, 3.05) is 0 Å². The molecular weight excluding hydrogens is 364 g/mol. The summed E-state index contributed by atoms with van der Waals surface area (Å²) < 4.78 is 4.31. The van der Waals surface area contributed by atoms with Crippen molar-refractivity contribution in [1.82, 2.24) is 20.5 Å². The maximum Gasteiger partial charge on any atom is 0.315 e. The number of carbonyl (C=O) groups excluding carboxylic acids is 2. The van der Waals surface area contributed by atoms with Gasteiger partial charge in [0.05, 0.1) is 11.7 Å². The monoisotopic (exact) mass is 392 g/mol. The van der Waals surface area contributed by atoms with Crippen molar-refractivity contribution in [1.29, 1.82) is 0 Å². The van der Waals surface area contributed by atoms with Crippen molar-refractivity contribution in [2.45, 2.75) is 64.0 Å². The van der Waals surface area contributed by atoms with Crippen LogP contribution in [0.3, 0.4) is 0 Å². The molecular formula is C19H28N4O3S. The Kier molecular flexibility index (Phi) is 4.88. The highest BCUT2D eigenvalue weighted by Crippen LogP contribution is 2.55. The standard InChI is InChI=1S/C19H28N4O3S/c1-10(2)16(14-6-15(27-23-14)17(24)22-26)20-18(25)21-19-7-11-3-12(8-19)5-13(4-11)9-19/h6,10-13,16,26H,3-5,7-9H2,1-2H3,(H,22,24)(H2,20,21,25)/t11?,12?,13?,16-,19?/m1/s1. The van der Waals surface area contributed by atoms with E-state index in [2.05, 4.69) is 15.0 Å². The summed E-state index contributed by atoms with van der Waals surface area (Å²) in [6, 6.07) is 1.21. The van der Waals surface area contributed by atoms with Gasteiger partial charge in [-0.25, -0.2) is 10.3 Å². The molecule has 1 atom stereocenters. The zero-order valence-corrected chi connectivity index (χ0v) is 16.6. The van der Waals surface area contributed by atoms with E-state index in [1.165, 1.54) is 19.3 Å². The van der Waals surface area contributed by atoms with Crippen molar-refractivity contribution in [3.63, 3.8) is 0 Å². The summed E-state index contributed by atoms with van der Waals surface area (Å²) in [6.45, 7) is 4.03. The average Bonchev–Trinajstić information content (AvgIpc) is 3.06. The number of hydroxylamine groups is 1. The largest absolute Gasteiger partial charge is 0.333 e. The Balaban J connectivity index is 1.44. The van der Waals surface area contributed by atoms with Gasteiger partial charge in [-0.05, 0) is 79.8 Å². The number of hydrogen-bond donors (Lipinski definition) is 4. The van der Waals surface area contributed by atoms with Crippen molar-refractivity contribution in [3.05, 3.63) is 16.6 Å². The average molecular weight is 393 g/mol.